The highest BCUT2D eigenvalue weighted by atomic mass is 35.5. The molecule has 2 aromatic rings. The highest BCUT2D eigenvalue weighted by Crippen LogP contribution is 2.28. The standard InChI is InChI=1S/C16H17Cl2NO/c17-12-7-11(8-13(18)9-12)16-6-5-15(20-16)10-19-14-3-1-2-4-14/h5-9,14,19H,1-4,10H2/p+1. The summed E-state index contributed by atoms with van der Waals surface area (Å²) in [7, 11) is 0. The number of nitrogens with two attached hydrogens (primary N) is 1. The van der Waals surface area contributed by atoms with E-state index in [0.29, 0.717) is 10.0 Å². The van der Waals surface area contributed by atoms with Crippen LogP contribution >= 0.6 is 23.2 Å². The Kier molecular flexibility index (Phi) is 4.35. The van der Waals surface area contributed by atoms with Crippen molar-refractivity contribution in [1.29, 1.82) is 0 Å². The molecule has 0 radical (unpaired) electrons. The van der Waals surface area contributed by atoms with E-state index in [0.717, 1.165) is 29.7 Å². The van der Waals surface area contributed by atoms with E-state index in [-0.39, 0.29) is 0 Å². The van der Waals surface area contributed by atoms with Crippen LogP contribution in [0, 0.1) is 0 Å². The lowest BCUT2D eigenvalue weighted by atomic mass is 10.2. The molecule has 1 fully saturated rings. The Morgan fingerprint density at radius 3 is 2.45 bits per heavy atom. The zero-order chi connectivity index (χ0) is 13.9. The number of rotatable bonds is 4. The van der Waals surface area contributed by atoms with Gasteiger partial charge < -0.3 is 9.73 Å². The van der Waals surface area contributed by atoms with Gasteiger partial charge in [0.1, 0.15) is 12.3 Å². The van der Waals surface area contributed by atoms with Crippen LogP contribution in [0.4, 0.5) is 0 Å². The van der Waals surface area contributed by atoms with E-state index in [2.05, 4.69) is 5.32 Å². The van der Waals surface area contributed by atoms with Crippen molar-refractivity contribution in [2.75, 3.05) is 0 Å². The minimum atomic E-state index is 0.628. The summed E-state index contributed by atoms with van der Waals surface area (Å²) in [5, 5.41) is 3.64. The number of quaternary nitrogens is 1. The van der Waals surface area contributed by atoms with Gasteiger partial charge in [0.15, 0.2) is 5.76 Å². The van der Waals surface area contributed by atoms with Crippen LogP contribution < -0.4 is 5.32 Å². The third kappa shape index (κ3) is 3.38. The van der Waals surface area contributed by atoms with Gasteiger partial charge in [0.05, 0.1) is 6.04 Å². The first kappa shape index (κ1) is 14.0. The van der Waals surface area contributed by atoms with E-state index in [4.69, 9.17) is 27.6 Å². The monoisotopic (exact) mass is 310 g/mol. The molecule has 4 heteroatoms. The smallest absolute Gasteiger partial charge is 0.158 e. The summed E-state index contributed by atoms with van der Waals surface area (Å²) in [6.45, 7) is 0.902. The molecule has 0 atom stereocenters. The first-order valence-corrected chi connectivity index (χ1v) is 7.85. The van der Waals surface area contributed by atoms with Gasteiger partial charge in [-0.2, -0.15) is 0 Å². The van der Waals surface area contributed by atoms with Gasteiger partial charge in [-0.05, 0) is 56.0 Å². The van der Waals surface area contributed by atoms with Crippen LogP contribution in [-0.4, -0.2) is 6.04 Å². The van der Waals surface area contributed by atoms with Crippen LogP contribution in [0.1, 0.15) is 31.4 Å². The van der Waals surface area contributed by atoms with Crippen LogP contribution in [0.2, 0.25) is 10.0 Å². The summed E-state index contributed by atoms with van der Waals surface area (Å²) in [6.07, 6.45) is 5.39. The third-order valence-electron chi connectivity index (χ3n) is 3.86. The predicted molar refractivity (Wildman–Crippen MR) is 82.0 cm³/mol. The van der Waals surface area contributed by atoms with Crippen molar-refractivity contribution in [1.82, 2.24) is 0 Å². The van der Waals surface area contributed by atoms with Crippen LogP contribution in [0.25, 0.3) is 11.3 Å². The fourth-order valence-corrected chi connectivity index (χ4v) is 3.34. The van der Waals surface area contributed by atoms with Crippen molar-refractivity contribution in [3.63, 3.8) is 0 Å². The first-order chi connectivity index (χ1) is 9.70. The van der Waals surface area contributed by atoms with E-state index < -0.39 is 0 Å². The van der Waals surface area contributed by atoms with Gasteiger partial charge in [0.2, 0.25) is 0 Å². The highest BCUT2D eigenvalue weighted by molar-refractivity contribution is 6.35. The molecule has 1 aromatic carbocycles. The van der Waals surface area contributed by atoms with Crippen LogP contribution in [-0.2, 0) is 6.54 Å². The van der Waals surface area contributed by atoms with Gasteiger partial charge in [0, 0.05) is 15.6 Å². The zero-order valence-electron chi connectivity index (χ0n) is 11.2. The van der Waals surface area contributed by atoms with Gasteiger partial charge in [-0.1, -0.05) is 23.2 Å². The Hall–Kier alpha value is -0.960. The number of benzene rings is 1. The SMILES string of the molecule is Clc1cc(Cl)cc(-c2ccc(C[NH2+]C3CCCC3)o2)c1. The lowest BCUT2D eigenvalue weighted by molar-refractivity contribution is -0.704. The normalized spacial score (nSPS) is 15.9. The number of halogens is 2. The number of hydrogen-bond donors (Lipinski definition) is 1. The quantitative estimate of drug-likeness (QED) is 0.898. The molecule has 2 N–H and O–H groups in total. The van der Waals surface area contributed by atoms with Crippen molar-refractivity contribution in [3.8, 4) is 11.3 Å². The summed E-state index contributed by atoms with van der Waals surface area (Å²) >= 11 is 12.0. The molecule has 2 nitrogen and oxygen atoms in total. The molecular weight excluding hydrogens is 293 g/mol. The van der Waals surface area contributed by atoms with Gasteiger partial charge in [-0.25, -0.2) is 0 Å². The van der Waals surface area contributed by atoms with E-state index in [1.165, 1.54) is 25.7 Å². The van der Waals surface area contributed by atoms with Gasteiger partial charge in [0.25, 0.3) is 0 Å². The maximum Gasteiger partial charge on any atom is 0.158 e. The van der Waals surface area contributed by atoms with Crippen molar-refractivity contribution in [3.05, 3.63) is 46.1 Å². The Balaban J connectivity index is 1.69. The average Bonchev–Trinajstić information content (AvgIpc) is 3.07. The van der Waals surface area contributed by atoms with Gasteiger partial charge in [-0.3, -0.25) is 0 Å². The molecule has 20 heavy (non-hydrogen) atoms. The molecule has 1 heterocycles. The summed E-state index contributed by atoms with van der Waals surface area (Å²) in [6, 6.07) is 10.3. The maximum atomic E-state index is 6.02. The molecule has 1 aliphatic rings. The molecule has 0 amide bonds. The largest absolute Gasteiger partial charge is 0.455 e. The molecule has 1 saturated carbocycles. The molecule has 0 unspecified atom stereocenters. The van der Waals surface area contributed by atoms with E-state index in [9.17, 15) is 0 Å². The van der Waals surface area contributed by atoms with Crippen molar-refractivity contribution >= 4 is 23.2 Å². The molecule has 0 spiro atoms. The molecule has 0 saturated heterocycles. The Morgan fingerprint density at radius 1 is 1.05 bits per heavy atom. The second kappa shape index (κ2) is 6.21. The number of furan rings is 1. The van der Waals surface area contributed by atoms with Crippen molar-refractivity contribution in [2.24, 2.45) is 0 Å². The molecule has 1 aromatic heterocycles. The predicted octanol–water partition coefficient (Wildman–Crippen LogP) is 4.26. The van der Waals surface area contributed by atoms with Crippen LogP contribution in [0.15, 0.2) is 34.7 Å². The molecule has 106 valence electrons. The average molecular weight is 311 g/mol. The lowest BCUT2D eigenvalue weighted by Gasteiger charge is -2.06. The molecule has 0 bridgehead atoms. The Labute approximate surface area is 129 Å². The van der Waals surface area contributed by atoms with Gasteiger partial charge >= 0.3 is 0 Å². The highest BCUT2D eigenvalue weighted by Gasteiger charge is 2.18. The lowest BCUT2D eigenvalue weighted by Crippen LogP contribution is -2.87. The van der Waals surface area contributed by atoms with E-state index in [1.54, 1.807) is 6.07 Å². The maximum absolute atomic E-state index is 6.02. The summed E-state index contributed by atoms with van der Waals surface area (Å²) in [5.41, 5.74) is 0.926. The zero-order valence-corrected chi connectivity index (χ0v) is 12.8. The van der Waals surface area contributed by atoms with E-state index >= 15 is 0 Å². The minimum absolute atomic E-state index is 0.628. The summed E-state index contributed by atoms with van der Waals surface area (Å²) in [5.74, 6) is 1.83. The first-order valence-electron chi connectivity index (χ1n) is 7.09. The third-order valence-corrected chi connectivity index (χ3v) is 4.30. The van der Waals surface area contributed by atoms with Crippen molar-refractivity contribution in [2.45, 2.75) is 38.3 Å². The molecular formula is C16H18Cl2NO+. The minimum Gasteiger partial charge on any atom is -0.455 e. The summed E-state index contributed by atoms with van der Waals surface area (Å²) < 4.78 is 5.89. The topological polar surface area (TPSA) is 29.8 Å². The van der Waals surface area contributed by atoms with Gasteiger partial charge in [-0.15, -0.1) is 0 Å². The molecule has 3 rings (SSSR count). The van der Waals surface area contributed by atoms with Crippen LogP contribution in [0.3, 0.4) is 0 Å². The molecule has 1 aliphatic carbocycles. The van der Waals surface area contributed by atoms with Crippen LogP contribution in [0.5, 0.6) is 0 Å². The Bertz CT molecular complexity index is 568. The second-order valence-corrected chi connectivity index (χ2v) is 6.28. The fourth-order valence-electron chi connectivity index (χ4n) is 2.81. The fraction of sp³-hybridized carbons (Fsp3) is 0.375. The second-order valence-electron chi connectivity index (χ2n) is 5.41. The van der Waals surface area contributed by atoms with E-state index in [1.807, 2.05) is 24.3 Å². The Morgan fingerprint density at radius 2 is 1.75 bits per heavy atom. The molecule has 0 aliphatic heterocycles. The van der Waals surface area contributed by atoms with Crippen molar-refractivity contribution < 1.29 is 9.73 Å². The number of hydrogen-bond acceptors (Lipinski definition) is 1. The summed E-state index contributed by atoms with van der Waals surface area (Å²) in [4.78, 5) is 0.